The predicted octanol–water partition coefficient (Wildman–Crippen LogP) is 4.52. The quantitative estimate of drug-likeness (QED) is 0.677. The highest BCUT2D eigenvalue weighted by molar-refractivity contribution is 6.00. The molecule has 6 heteroatoms. The SMILES string of the molecule is Cc1c(OCc2ccc(C(N)=O)cc2)ccc2c1OC(c1ccc(F)cc1)CC2=O. The highest BCUT2D eigenvalue weighted by Crippen LogP contribution is 2.40. The number of carbonyl (C=O) groups excluding carboxylic acids is 2. The second kappa shape index (κ2) is 7.99. The van der Waals surface area contributed by atoms with Gasteiger partial charge in [-0.15, -0.1) is 0 Å². The number of amides is 1. The zero-order chi connectivity index (χ0) is 21.3. The van der Waals surface area contributed by atoms with Crippen molar-refractivity contribution in [3.05, 3.63) is 94.3 Å². The lowest BCUT2D eigenvalue weighted by molar-refractivity contribution is 0.0846. The summed E-state index contributed by atoms with van der Waals surface area (Å²) >= 11 is 0. The van der Waals surface area contributed by atoms with Crippen LogP contribution in [0.25, 0.3) is 0 Å². The average molecular weight is 405 g/mol. The number of ether oxygens (including phenoxy) is 2. The lowest BCUT2D eigenvalue weighted by Crippen LogP contribution is -2.21. The van der Waals surface area contributed by atoms with Gasteiger partial charge in [0.15, 0.2) is 5.78 Å². The van der Waals surface area contributed by atoms with Gasteiger partial charge >= 0.3 is 0 Å². The lowest BCUT2D eigenvalue weighted by atomic mass is 9.94. The molecule has 30 heavy (non-hydrogen) atoms. The number of carbonyl (C=O) groups is 2. The van der Waals surface area contributed by atoms with E-state index < -0.39 is 12.0 Å². The predicted molar refractivity (Wildman–Crippen MR) is 109 cm³/mol. The molecule has 3 aromatic rings. The van der Waals surface area contributed by atoms with Crippen LogP contribution in [0, 0.1) is 12.7 Å². The van der Waals surface area contributed by atoms with E-state index in [0.717, 1.165) is 16.7 Å². The van der Waals surface area contributed by atoms with Gasteiger partial charge in [0.25, 0.3) is 0 Å². The third-order valence-electron chi connectivity index (χ3n) is 5.16. The van der Waals surface area contributed by atoms with Gasteiger partial charge in [-0.25, -0.2) is 4.39 Å². The molecule has 1 atom stereocenters. The van der Waals surface area contributed by atoms with E-state index in [-0.39, 0.29) is 24.6 Å². The van der Waals surface area contributed by atoms with Crippen molar-refractivity contribution in [1.29, 1.82) is 0 Å². The van der Waals surface area contributed by atoms with Crippen LogP contribution in [0.2, 0.25) is 0 Å². The fourth-order valence-electron chi connectivity index (χ4n) is 3.45. The molecule has 0 spiro atoms. The Morgan fingerprint density at radius 3 is 2.47 bits per heavy atom. The smallest absolute Gasteiger partial charge is 0.248 e. The number of benzene rings is 3. The van der Waals surface area contributed by atoms with Crippen molar-refractivity contribution < 1.29 is 23.5 Å². The van der Waals surface area contributed by atoms with Gasteiger partial charge in [0.2, 0.25) is 5.91 Å². The topological polar surface area (TPSA) is 78.6 Å². The van der Waals surface area contributed by atoms with Gasteiger partial charge < -0.3 is 15.2 Å². The maximum absolute atomic E-state index is 13.2. The minimum atomic E-state index is -0.481. The van der Waals surface area contributed by atoms with Crippen LogP contribution in [-0.4, -0.2) is 11.7 Å². The van der Waals surface area contributed by atoms with Gasteiger partial charge in [0, 0.05) is 11.1 Å². The number of halogens is 1. The molecule has 152 valence electrons. The Morgan fingerprint density at radius 1 is 1.10 bits per heavy atom. The number of primary amides is 1. The number of rotatable bonds is 5. The molecule has 1 amide bonds. The lowest BCUT2D eigenvalue weighted by Gasteiger charge is -2.27. The van der Waals surface area contributed by atoms with Crippen LogP contribution < -0.4 is 15.2 Å². The summed E-state index contributed by atoms with van der Waals surface area (Å²) < 4.78 is 25.3. The zero-order valence-electron chi connectivity index (χ0n) is 16.4. The van der Waals surface area contributed by atoms with Gasteiger partial charge in [-0.1, -0.05) is 24.3 Å². The molecule has 0 saturated carbocycles. The third kappa shape index (κ3) is 3.89. The number of hydrogen-bond acceptors (Lipinski definition) is 4. The molecule has 1 aliphatic heterocycles. The summed E-state index contributed by atoms with van der Waals surface area (Å²) in [6, 6.07) is 16.3. The second-order valence-corrected chi connectivity index (χ2v) is 7.20. The third-order valence-corrected chi connectivity index (χ3v) is 5.16. The van der Waals surface area contributed by atoms with Crippen molar-refractivity contribution >= 4 is 11.7 Å². The Labute approximate surface area is 173 Å². The standard InChI is InChI=1S/C24H20FNO4/c1-14-21(29-13-15-2-4-17(5-3-15)24(26)28)11-10-19-20(27)12-22(30-23(14)19)16-6-8-18(25)9-7-16/h2-11,22H,12-13H2,1H3,(H2,26,28). The second-order valence-electron chi connectivity index (χ2n) is 7.20. The number of nitrogens with two attached hydrogens (primary N) is 1. The first-order valence-electron chi connectivity index (χ1n) is 9.53. The van der Waals surface area contributed by atoms with Crippen LogP contribution in [0.15, 0.2) is 60.7 Å². The van der Waals surface area contributed by atoms with Crippen molar-refractivity contribution in [2.45, 2.75) is 26.1 Å². The molecular formula is C24H20FNO4. The summed E-state index contributed by atoms with van der Waals surface area (Å²) in [6.07, 6.45) is -0.272. The summed E-state index contributed by atoms with van der Waals surface area (Å²) in [5, 5.41) is 0. The first-order valence-corrected chi connectivity index (χ1v) is 9.53. The minimum absolute atomic E-state index is 0.0257. The Bertz CT molecular complexity index is 1110. The Hall–Kier alpha value is -3.67. The van der Waals surface area contributed by atoms with Crippen LogP contribution >= 0.6 is 0 Å². The van der Waals surface area contributed by atoms with E-state index >= 15 is 0 Å². The van der Waals surface area contributed by atoms with Crippen molar-refractivity contribution in [1.82, 2.24) is 0 Å². The fourth-order valence-corrected chi connectivity index (χ4v) is 3.45. The summed E-state index contributed by atoms with van der Waals surface area (Å²) in [4.78, 5) is 23.8. The molecule has 0 fully saturated rings. The molecule has 5 nitrogen and oxygen atoms in total. The molecule has 1 unspecified atom stereocenters. The summed E-state index contributed by atoms with van der Waals surface area (Å²) in [5.74, 6) is 0.243. The number of fused-ring (bicyclic) bond motifs is 1. The van der Waals surface area contributed by atoms with Crippen molar-refractivity contribution in [3.8, 4) is 11.5 Å². The van der Waals surface area contributed by atoms with E-state index in [4.69, 9.17) is 15.2 Å². The monoisotopic (exact) mass is 405 g/mol. The van der Waals surface area contributed by atoms with Crippen LogP contribution in [0.5, 0.6) is 11.5 Å². The van der Waals surface area contributed by atoms with Crippen molar-refractivity contribution in [2.24, 2.45) is 5.73 Å². The van der Waals surface area contributed by atoms with Crippen LogP contribution in [0.1, 0.15) is 49.9 Å². The van der Waals surface area contributed by atoms with Crippen molar-refractivity contribution in [3.63, 3.8) is 0 Å². The highest BCUT2D eigenvalue weighted by Gasteiger charge is 2.30. The van der Waals surface area contributed by atoms with Gasteiger partial charge in [0.1, 0.15) is 30.0 Å². The molecule has 1 aliphatic rings. The van der Waals surface area contributed by atoms with Gasteiger partial charge in [-0.3, -0.25) is 9.59 Å². The van der Waals surface area contributed by atoms with E-state index in [1.807, 2.05) is 6.92 Å². The highest BCUT2D eigenvalue weighted by atomic mass is 19.1. The molecular weight excluding hydrogens is 385 g/mol. The van der Waals surface area contributed by atoms with E-state index in [0.29, 0.717) is 22.6 Å². The van der Waals surface area contributed by atoms with E-state index in [1.165, 1.54) is 12.1 Å². The molecule has 1 heterocycles. The molecule has 0 bridgehead atoms. The number of Topliss-reactive ketones (excluding diaryl/α,β-unsaturated/α-hetero) is 1. The largest absolute Gasteiger partial charge is 0.488 e. The molecule has 0 aliphatic carbocycles. The van der Waals surface area contributed by atoms with Crippen LogP contribution in [-0.2, 0) is 6.61 Å². The normalized spacial score (nSPS) is 15.3. The molecule has 3 aromatic carbocycles. The summed E-state index contributed by atoms with van der Waals surface area (Å²) in [6.45, 7) is 2.12. The molecule has 0 radical (unpaired) electrons. The molecule has 0 aromatic heterocycles. The average Bonchev–Trinajstić information content (AvgIpc) is 2.74. The number of hydrogen-bond donors (Lipinski definition) is 1. The maximum Gasteiger partial charge on any atom is 0.248 e. The summed E-state index contributed by atoms with van der Waals surface area (Å²) in [5.41, 5.74) is 8.55. The number of ketones is 1. The minimum Gasteiger partial charge on any atom is -0.488 e. The van der Waals surface area contributed by atoms with E-state index in [9.17, 15) is 14.0 Å². The van der Waals surface area contributed by atoms with Crippen molar-refractivity contribution in [2.75, 3.05) is 0 Å². The Morgan fingerprint density at radius 2 is 1.80 bits per heavy atom. The van der Waals surface area contributed by atoms with Crippen LogP contribution in [0.3, 0.4) is 0 Å². The Kier molecular flexibility index (Phi) is 5.23. The maximum atomic E-state index is 13.2. The van der Waals surface area contributed by atoms with Gasteiger partial charge in [-0.05, 0) is 54.4 Å². The van der Waals surface area contributed by atoms with Gasteiger partial charge in [-0.2, -0.15) is 0 Å². The first-order chi connectivity index (χ1) is 14.4. The molecule has 2 N–H and O–H groups in total. The van der Waals surface area contributed by atoms with E-state index in [1.54, 1.807) is 48.5 Å². The Balaban J connectivity index is 1.54. The van der Waals surface area contributed by atoms with E-state index in [2.05, 4.69) is 0 Å². The van der Waals surface area contributed by atoms with Gasteiger partial charge in [0.05, 0.1) is 12.0 Å². The molecule has 4 rings (SSSR count). The summed E-state index contributed by atoms with van der Waals surface area (Å²) in [7, 11) is 0. The first kappa shape index (κ1) is 19.6. The zero-order valence-corrected chi connectivity index (χ0v) is 16.4. The van der Waals surface area contributed by atoms with Crippen LogP contribution in [0.4, 0.5) is 4.39 Å². The fraction of sp³-hybridized carbons (Fsp3) is 0.167. The molecule has 0 saturated heterocycles.